The van der Waals surface area contributed by atoms with Gasteiger partial charge in [0.15, 0.2) is 0 Å². The van der Waals surface area contributed by atoms with Gasteiger partial charge in [0.1, 0.15) is 0 Å². The molecule has 0 aromatic carbocycles. The van der Waals surface area contributed by atoms with E-state index in [0.717, 1.165) is 25.4 Å². The second-order valence-electron chi connectivity index (χ2n) is 4.72. The molecule has 88 valence electrons. The third-order valence-corrected chi connectivity index (χ3v) is 2.20. The van der Waals surface area contributed by atoms with E-state index in [9.17, 15) is 0 Å². The first-order valence-corrected chi connectivity index (χ1v) is 5.84. The largest absolute Gasteiger partial charge is 0.312 e. The van der Waals surface area contributed by atoms with Crippen LogP contribution in [0.25, 0.3) is 0 Å². The van der Waals surface area contributed by atoms with Gasteiger partial charge in [-0.1, -0.05) is 13.8 Å². The zero-order chi connectivity index (χ0) is 11.7. The van der Waals surface area contributed by atoms with Gasteiger partial charge in [-0.25, -0.2) is 0 Å². The van der Waals surface area contributed by atoms with Gasteiger partial charge >= 0.3 is 0 Å². The first-order valence-electron chi connectivity index (χ1n) is 5.84. The lowest BCUT2D eigenvalue weighted by Gasteiger charge is -2.23. The van der Waals surface area contributed by atoms with E-state index in [4.69, 9.17) is 0 Å². The summed E-state index contributed by atoms with van der Waals surface area (Å²) >= 11 is 0. The molecular weight excluding hydrogens is 184 g/mol. The molecule has 0 aliphatic carbocycles. The van der Waals surface area contributed by atoms with Crippen molar-refractivity contribution in [3.05, 3.63) is 0 Å². The minimum Gasteiger partial charge on any atom is -0.312 e. The molecule has 1 N–H and O–H groups in total. The summed E-state index contributed by atoms with van der Waals surface area (Å²) in [7, 11) is 4.25. The molecule has 2 heteroatoms. The molecule has 1 atom stereocenters. The van der Waals surface area contributed by atoms with Crippen LogP contribution in [0.2, 0.25) is 0 Å². The van der Waals surface area contributed by atoms with E-state index in [1.54, 1.807) is 0 Å². The SMILES string of the molecule is CC#CCCNC(CC(C)C)CN(C)C. The van der Waals surface area contributed by atoms with Crippen molar-refractivity contribution < 1.29 is 0 Å². The van der Waals surface area contributed by atoms with E-state index in [0.29, 0.717) is 6.04 Å². The number of hydrogen-bond acceptors (Lipinski definition) is 2. The molecule has 15 heavy (non-hydrogen) atoms. The lowest BCUT2D eigenvalue weighted by Crippen LogP contribution is -2.39. The predicted molar refractivity (Wildman–Crippen MR) is 67.9 cm³/mol. The van der Waals surface area contributed by atoms with Crippen molar-refractivity contribution in [2.45, 2.75) is 39.7 Å². The highest BCUT2D eigenvalue weighted by Crippen LogP contribution is 2.05. The van der Waals surface area contributed by atoms with Crippen LogP contribution in [0.1, 0.15) is 33.6 Å². The lowest BCUT2D eigenvalue weighted by atomic mass is 10.0. The zero-order valence-corrected chi connectivity index (χ0v) is 10.9. The number of rotatable bonds is 7. The Morgan fingerprint density at radius 3 is 2.40 bits per heavy atom. The van der Waals surface area contributed by atoms with Crippen molar-refractivity contribution in [1.82, 2.24) is 10.2 Å². The van der Waals surface area contributed by atoms with Crippen molar-refractivity contribution in [2.75, 3.05) is 27.2 Å². The van der Waals surface area contributed by atoms with E-state index in [1.165, 1.54) is 6.42 Å². The van der Waals surface area contributed by atoms with Crippen molar-refractivity contribution in [1.29, 1.82) is 0 Å². The maximum absolute atomic E-state index is 3.57. The van der Waals surface area contributed by atoms with Gasteiger partial charge in [-0.15, -0.1) is 11.8 Å². The Bertz CT molecular complexity index is 188. The molecule has 1 unspecified atom stereocenters. The van der Waals surface area contributed by atoms with Gasteiger partial charge in [-0.3, -0.25) is 0 Å². The molecule has 0 saturated carbocycles. The molecule has 0 aromatic rings. The van der Waals surface area contributed by atoms with Gasteiger partial charge in [0.05, 0.1) is 0 Å². The molecule has 0 rings (SSSR count). The van der Waals surface area contributed by atoms with Crippen LogP contribution < -0.4 is 5.32 Å². The highest BCUT2D eigenvalue weighted by atomic mass is 15.1. The third kappa shape index (κ3) is 9.78. The lowest BCUT2D eigenvalue weighted by molar-refractivity contribution is 0.308. The van der Waals surface area contributed by atoms with Crippen molar-refractivity contribution in [3.8, 4) is 11.8 Å². The van der Waals surface area contributed by atoms with Gasteiger partial charge < -0.3 is 10.2 Å². The fourth-order valence-electron chi connectivity index (χ4n) is 1.70. The summed E-state index contributed by atoms with van der Waals surface area (Å²) in [5.41, 5.74) is 0. The Morgan fingerprint density at radius 1 is 1.27 bits per heavy atom. The van der Waals surface area contributed by atoms with E-state index in [1.807, 2.05) is 6.92 Å². The fraction of sp³-hybridized carbons (Fsp3) is 0.846. The van der Waals surface area contributed by atoms with Gasteiger partial charge in [-0.05, 0) is 33.4 Å². The summed E-state index contributed by atoms with van der Waals surface area (Å²) in [4.78, 5) is 2.24. The van der Waals surface area contributed by atoms with Crippen LogP contribution in [0.15, 0.2) is 0 Å². The average molecular weight is 210 g/mol. The molecule has 0 bridgehead atoms. The van der Waals surface area contributed by atoms with Crippen LogP contribution in [0.3, 0.4) is 0 Å². The fourth-order valence-corrected chi connectivity index (χ4v) is 1.70. The summed E-state index contributed by atoms with van der Waals surface area (Å²) < 4.78 is 0. The van der Waals surface area contributed by atoms with Crippen LogP contribution in [-0.4, -0.2) is 38.1 Å². The second-order valence-corrected chi connectivity index (χ2v) is 4.72. The molecule has 0 amide bonds. The van der Waals surface area contributed by atoms with Gasteiger partial charge in [0.2, 0.25) is 0 Å². The summed E-state index contributed by atoms with van der Waals surface area (Å²) in [6.07, 6.45) is 2.19. The first-order chi connectivity index (χ1) is 7.06. The van der Waals surface area contributed by atoms with Gasteiger partial charge in [-0.2, -0.15) is 0 Å². The minimum absolute atomic E-state index is 0.596. The molecule has 0 radical (unpaired) electrons. The van der Waals surface area contributed by atoms with Crippen LogP contribution in [0.5, 0.6) is 0 Å². The average Bonchev–Trinajstić information content (AvgIpc) is 2.10. The summed E-state index contributed by atoms with van der Waals surface area (Å²) in [5.74, 6) is 6.76. The van der Waals surface area contributed by atoms with Crippen LogP contribution in [0.4, 0.5) is 0 Å². The second kappa shape index (κ2) is 8.76. The molecule has 0 heterocycles. The number of nitrogens with one attached hydrogen (secondary N) is 1. The Labute approximate surface area is 95.4 Å². The van der Waals surface area contributed by atoms with Crippen molar-refractivity contribution in [2.24, 2.45) is 5.92 Å². The number of likely N-dealkylation sites (N-methyl/N-ethyl adjacent to an activating group) is 1. The minimum atomic E-state index is 0.596. The highest BCUT2D eigenvalue weighted by Gasteiger charge is 2.10. The van der Waals surface area contributed by atoms with E-state index < -0.39 is 0 Å². The molecule has 0 spiro atoms. The first kappa shape index (κ1) is 14.5. The molecule has 0 aromatic heterocycles. The molecule has 2 nitrogen and oxygen atoms in total. The van der Waals surface area contributed by atoms with E-state index >= 15 is 0 Å². The van der Waals surface area contributed by atoms with Crippen molar-refractivity contribution in [3.63, 3.8) is 0 Å². The standard InChI is InChI=1S/C13H26N2/c1-6-7-8-9-14-13(10-12(2)3)11-15(4)5/h12-14H,8-11H2,1-5H3. The number of hydrogen-bond donors (Lipinski definition) is 1. The Kier molecular flexibility index (Phi) is 8.46. The Morgan fingerprint density at radius 2 is 1.93 bits per heavy atom. The normalized spacial score (nSPS) is 12.7. The van der Waals surface area contributed by atoms with E-state index in [-0.39, 0.29) is 0 Å². The highest BCUT2D eigenvalue weighted by molar-refractivity contribution is 4.95. The molecule has 0 aliphatic rings. The molecule has 0 fully saturated rings. The van der Waals surface area contributed by atoms with Gasteiger partial charge in [0, 0.05) is 25.6 Å². The topological polar surface area (TPSA) is 15.3 Å². The zero-order valence-electron chi connectivity index (χ0n) is 10.9. The van der Waals surface area contributed by atoms with Crippen molar-refractivity contribution >= 4 is 0 Å². The summed E-state index contributed by atoms with van der Waals surface area (Å²) in [6, 6.07) is 0.596. The predicted octanol–water partition coefficient (Wildman–Crippen LogP) is 1.97. The monoisotopic (exact) mass is 210 g/mol. The van der Waals surface area contributed by atoms with Gasteiger partial charge in [0.25, 0.3) is 0 Å². The Balaban J connectivity index is 3.82. The summed E-state index contributed by atoms with van der Waals surface area (Å²) in [6.45, 7) is 8.56. The maximum Gasteiger partial charge on any atom is 0.0214 e. The van der Waals surface area contributed by atoms with Crippen LogP contribution >= 0.6 is 0 Å². The van der Waals surface area contributed by atoms with Crippen LogP contribution in [-0.2, 0) is 0 Å². The quantitative estimate of drug-likeness (QED) is 0.510. The third-order valence-electron chi connectivity index (χ3n) is 2.20. The smallest absolute Gasteiger partial charge is 0.0214 e. The summed E-state index contributed by atoms with van der Waals surface area (Å²) in [5, 5.41) is 3.57. The van der Waals surface area contributed by atoms with E-state index in [2.05, 4.69) is 50.0 Å². The molecule has 0 aliphatic heterocycles. The maximum atomic E-state index is 3.57. The molecular formula is C13H26N2. The molecule has 0 saturated heterocycles. The number of nitrogens with zero attached hydrogens (tertiary/aromatic N) is 1. The Hall–Kier alpha value is -0.520. The van der Waals surface area contributed by atoms with Crippen LogP contribution in [0, 0.1) is 17.8 Å².